The predicted octanol–water partition coefficient (Wildman–Crippen LogP) is 6.79. The Bertz CT molecular complexity index is 2000. The van der Waals surface area contributed by atoms with E-state index in [2.05, 4.69) is 20.9 Å². The number of nitrogens with zero attached hydrogens (tertiary/aromatic N) is 2. The van der Waals surface area contributed by atoms with Crippen molar-refractivity contribution < 1.29 is 42.4 Å². The molecule has 0 bridgehead atoms. The van der Waals surface area contributed by atoms with Crippen molar-refractivity contribution in [1.82, 2.24) is 20.6 Å². The second kappa shape index (κ2) is 16.1. The molecule has 2 aliphatic carbocycles. The minimum absolute atomic E-state index is 0.0450. The number of aromatic nitrogens is 2. The van der Waals surface area contributed by atoms with E-state index in [1.807, 2.05) is 55.5 Å². The Morgan fingerprint density at radius 3 is 2.33 bits per heavy atom. The fourth-order valence-electron chi connectivity index (χ4n) is 7.28. The van der Waals surface area contributed by atoms with Gasteiger partial charge in [0.25, 0.3) is 0 Å². The lowest BCUT2D eigenvalue weighted by Gasteiger charge is -2.41. The summed E-state index contributed by atoms with van der Waals surface area (Å²) in [6.45, 7) is 1.94. The van der Waals surface area contributed by atoms with Crippen molar-refractivity contribution >= 4 is 23.4 Å². The van der Waals surface area contributed by atoms with Gasteiger partial charge in [0.05, 0.1) is 48.7 Å². The number of anilines is 1. The molecule has 54 heavy (non-hydrogen) atoms. The van der Waals surface area contributed by atoms with Crippen LogP contribution in [0.4, 0.5) is 19.0 Å². The molecule has 0 unspecified atom stereocenters. The first-order valence-electron chi connectivity index (χ1n) is 17.5. The van der Waals surface area contributed by atoms with Gasteiger partial charge in [-0.05, 0) is 61.4 Å². The maximum absolute atomic E-state index is 14.5. The number of carboxylic acids is 1. The van der Waals surface area contributed by atoms with E-state index in [1.54, 1.807) is 7.11 Å². The average Bonchev–Trinajstić information content (AvgIpc) is 3.54. The van der Waals surface area contributed by atoms with Crippen molar-refractivity contribution in [2.75, 3.05) is 33.3 Å². The van der Waals surface area contributed by atoms with Crippen molar-refractivity contribution in [3.8, 4) is 34.1 Å². The van der Waals surface area contributed by atoms with Gasteiger partial charge in [0.2, 0.25) is 11.8 Å². The highest BCUT2D eigenvalue weighted by Gasteiger charge is 2.39. The second-order valence-electron chi connectivity index (χ2n) is 13.9. The molecule has 1 saturated carbocycles. The van der Waals surface area contributed by atoms with E-state index in [9.17, 15) is 28.2 Å². The van der Waals surface area contributed by atoms with Gasteiger partial charge < -0.3 is 35.1 Å². The molecule has 2 aromatic heterocycles. The molecule has 11 nitrogen and oxygen atoms in total. The number of alkyl halides is 3. The van der Waals surface area contributed by atoms with Crippen LogP contribution in [-0.4, -0.2) is 71.8 Å². The molecule has 1 fully saturated rings. The lowest BCUT2D eigenvalue weighted by Crippen LogP contribution is -2.51. The van der Waals surface area contributed by atoms with Gasteiger partial charge in [0, 0.05) is 48.5 Å². The van der Waals surface area contributed by atoms with E-state index in [0.717, 1.165) is 33.9 Å². The average molecular weight is 770 g/mol. The number of rotatable bonds is 15. The van der Waals surface area contributed by atoms with Crippen LogP contribution in [-0.2, 0) is 35.2 Å². The van der Waals surface area contributed by atoms with Gasteiger partial charge in [-0.25, -0.2) is 4.98 Å². The summed E-state index contributed by atoms with van der Waals surface area (Å²) in [5, 5.41) is 29.1. The number of aliphatic hydroxyl groups is 1. The fraction of sp³-hybridized carbons (Fsp3) is 0.410. The lowest BCUT2D eigenvalue weighted by molar-refractivity contribution is -0.141. The quantitative estimate of drug-likeness (QED) is 0.0871. The molecular weight excluding hydrogens is 727 g/mol. The van der Waals surface area contributed by atoms with Crippen LogP contribution in [0.3, 0.4) is 0 Å². The molecule has 6 rings (SSSR count). The molecule has 0 spiro atoms. The molecule has 0 radical (unpaired) electrons. The van der Waals surface area contributed by atoms with Gasteiger partial charge in [-0.1, -0.05) is 54.1 Å². The standard InChI is InChI=1S/C39H43ClF3N5O6/c1-38(51)16-23(17-38)44-18-21-11-13-31(47-35(21)53-3)28-10-6-9-27(33(28)40)24-7-5-8-26-25(24)12-14-30(26)46-34-29(39(41,42)43)15-22(36(48-34)54-4)19-45-32(20-52-2)37(49)50/h5-11,13,15,23,30,32,44-45,51H,12,14,16-20H2,1-4H3,(H,46,48)(H,49,50)/t23-,30-,32-,38-/m0/s1. The Morgan fingerprint density at radius 2 is 1.67 bits per heavy atom. The van der Waals surface area contributed by atoms with Gasteiger partial charge in [0.15, 0.2) is 0 Å². The van der Waals surface area contributed by atoms with E-state index in [4.69, 9.17) is 30.8 Å². The van der Waals surface area contributed by atoms with E-state index in [1.165, 1.54) is 14.2 Å². The highest BCUT2D eigenvalue weighted by molar-refractivity contribution is 6.36. The van der Waals surface area contributed by atoms with E-state index in [-0.39, 0.29) is 30.6 Å². The van der Waals surface area contributed by atoms with Gasteiger partial charge in [-0.15, -0.1) is 0 Å². The molecule has 0 saturated heterocycles. The molecular formula is C39H43ClF3N5O6. The molecule has 288 valence electrons. The number of hydrogen-bond acceptors (Lipinski definition) is 10. The van der Waals surface area contributed by atoms with Crippen LogP contribution in [0, 0.1) is 0 Å². The topological polar surface area (TPSA) is 147 Å². The summed E-state index contributed by atoms with van der Waals surface area (Å²) >= 11 is 7.11. The monoisotopic (exact) mass is 769 g/mol. The number of carbonyl (C=O) groups is 1. The predicted molar refractivity (Wildman–Crippen MR) is 198 cm³/mol. The SMILES string of the molecule is COC[C@H](NCc1cc(C(F)(F)F)c(N[C@H]2CCc3c(-c4cccc(-c5ccc(CN[C@H]6C[C@](C)(O)C6)c(OC)n5)c4Cl)cccc32)nc1OC)C(=O)O. The van der Waals surface area contributed by atoms with E-state index in [0.29, 0.717) is 54.4 Å². The summed E-state index contributed by atoms with van der Waals surface area (Å²) < 4.78 is 59.3. The maximum atomic E-state index is 14.5. The lowest BCUT2D eigenvalue weighted by atomic mass is 9.77. The van der Waals surface area contributed by atoms with Gasteiger partial charge in [-0.3, -0.25) is 10.1 Å². The Kier molecular flexibility index (Phi) is 11.7. The number of hydrogen-bond donors (Lipinski definition) is 5. The molecule has 0 aliphatic heterocycles. The van der Waals surface area contributed by atoms with Crippen molar-refractivity contribution in [1.29, 1.82) is 0 Å². The van der Waals surface area contributed by atoms with E-state index < -0.39 is 41.2 Å². The number of fused-ring (bicyclic) bond motifs is 1. The van der Waals surface area contributed by atoms with Crippen LogP contribution < -0.4 is 25.4 Å². The minimum Gasteiger partial charge on any atom is -0.481 e. The zero-order chi connectivity index (χ0) is 38.8. The first-order chi connectivity index (χ1) is 25.7. The largest absolute Gasteiger partial charge is 0.481 e. The summed E-state index contributed by atoms with van der Waals surface area (Å²) in [6, 6.07) is 14.7. The first kappa shape index (κ1) is 39.2. The van der Waals surface area contributed by atoms with Crippen molar-refractivity contribution in [2.24, 2.45) is 0 Å². The molecule has 4 aromatic rings. The highest BCUT2D eigenvalue weighted by atomic mass is 35.5. The van der Waals surface area contributed by atoms with Gasteiger partial charge in [0.1, 0.15) is 11.9 Å². The fourth-order valence-corrected chi connectivity index (χ4v) is 7.60. The summed E-state index contributed by atoms with van der Waals surface area (Å²) in [7, 11) is 4.19. The molecule has 2 atom stereocenters. The third-order valence-electron chi connectivity index (χ3n) is 9.96. The number of nitrogens with one attached hydrogen (secondary N) is 3. The van der Waals surface area contributed by atoms with Crippen LogP contribution in [0.25, 0.3) is 22.4 Å². The number of ether oxygens (including phenoxy) is 3. The normalized spacial score (nSPS) is 19.9. The maximum Gasteiger partial charge on any atom is 0.419 e. The molecule has 0 amide bonds. The smallest absolute Gasteiger partial charge is 0.419 e. The van der Waals surface area contributed by atoms with Crippen LogP contribution in [0.2, 0.25) is 5.02 Å². The minimum atomic E-state index is -4.77. The summed E-state index contributed by atoms with van der Waals surface area (Å²) in [5.74, 6) is -1.21. The number of methoxy groups -OCH3 is 3. The van der Waals surface area contributed by atoms with Crippen LogP contribution in [0.1, 0.15) is 60.0 Å². The third kappa shape index (κ3) is 8.42. The Hall–Kier alpha value is -4.47. The molecule has 2 aromatic carbocycles. The van der Waals surface area contributed by atoms with Gasteiger partial charge >= 0.3 is 12.1 Å². The van der Waals surface area contributed by atoms with Crippen molar-refractivity contribution in [3.63, 3.8) is 0 Å². The van der Waals surface area contributed by atoms with Crippen LogP contribution in [0.15, 0.2) is 54.6 Å². The number of halogens is 4. The molecule has 5 N–H and O–H groups in total. The number of aliphatic carboxylic acids is 1. The second-order valence-corrected chi connectivity index (χ2v) is 14.3. The van der Waals surface area contributed by atoms with Crippen LogP contribution >= 0.6 is 11.6 Å². The number of pyridine rings is 2. The van der Waals surface area contributed by atoms with Crippen molar-refractivity contribution in [3.05, 3.63) is 87.4 Å². The third-order valence-corrected chi connectivity index (χ3v) is 10.4. The molecule has 15 heteroatoms. The number of carboxylic acid groups (broad SMARTS) is 1. The summed E-state index contributed by atoms with van der Waals surface area (Å²) in [4.78, 5) is 20.6. The summed E-state index contributed by atoms with van der Waals surface area (Å²) in [6.07, 6.45) is -2.33. The zero-order valence-corrected chi connectivity index (χ0v) is 31.1. The van der Waals surface area contributed by atoms with Gasteiger partial charge in [-0.2, -0.15) is 18.2 Å². The zero-order valence-electron chi connectivity index (χ0n) is 30.3. The first-order valence-corrected chi connectivity index (χ1v) is 17.9. The number of benzene rings is 2. The molecule has 2 heterocycles. The summed E-state index contributed by atoms with van der Waals surface area (Å²) in [5.41, 5.74) is 4.01. The Morgan fingerprint density at radius 1 is 0.981 bits per heavy atom. The highest BCUT2D eigenvalue weighted by Crippen LogP contribution is 2.45. The van der Waals surface area contributed by atoms with Crippen molar-refractivity contribution in [2.45, 2.75) is 75.6 Å². The van der Waals surface area contributed by atoms with Crippen LogP contribution in [0.5, 0.6) is 11.8 Å². The Labute approximate surface area is 316 Å². The Balaban J connectivity index is 1.26. The van der Waals surface area contributed by atoms with E-state index >= 15 is 0 Å². The molecule has 2 aliphatic rings.